The lowest BCUT2D eigenvalue weighted by Crippen LogP contribution is -2.03. The second-order valence-corrected chi connectivity index (χ2v) is 8.24. The summed E-state index contributed by atoms with van der Waals surface area (Å²) in [6, 6.07) is 9.34. The number of nitrogens with zero attached hydrogens (tertiary/aromatic N) is 3. The molecule has 6 nitrogen and oxygen atoms in total. The highest BCUT2D eigenvalue weighted by Gasteiger charge is 2.17. The van der Waals surface area contributed by atoms with Crippen LogP contribution >= 0.6 is 47.3 Å². The molecular weight excluding hydrogens is 412 g/mol. The molecule has 0 unspecified atom stereocenters. The summed E-state index contributed by atoms with van der Waals surface area (Å²) in [5.74, 6) is 0.00591. The van der Waals surface area contributed by atoms with Crippen molar-refractivity contribution in [2.45, 2.75) is 22.2 Å². The number of aromatic nitrogens is 3. The third-order valence-electron chi connectivity index (χ3n) is 3.21. The third kappa shape index (κ3) is 4.67. The molecule has 0 bridgehead atoms. The van der Waals surface area contributed by atoms with Crippen LogP contribution in [0.5, 0.6) is 0 Å². The number of hydrogen-bond donors (Lipinski definition) is 3. The number of benzene rings is 1. The fourth-order valence-corrected chi connectivity index (χ4v) is 4.35. The van der Waals surface area contributed by atoms with E-state index in [1.165, 1.54) is 11.8 Å². The van der Waals surface area contributed by atoms with Crippen molar-refractivity contribution in [2.24, 2.45) is 0 Å². The molecule has 0 fully saturated rings. The molecule has 0 amide bonds. The van der Waals surface area contributed by atoms with Crippen LogP contribution in [0.4, 0.5) is 10.8 Å². The van der Waals surface area contributed by atoms with E-state index in [9.17, 15) is 9.90 Å². The van der Waals surface area contributed by atoms with E-state index in [4.69, 9.17) is 11.6 Å². The fraction of sp³-hybridized carbons (Fsp3) is 0.125. The summed E-state index contributed by atoms with van der Waals surface area (Å²) in [5, 5.41) is 13.9. The minimum atomic E-state index is -1.12. The average molecular weight is 425 g/mol. The Labute approximate surface area is 168 Å². The lowest BCUT2D eigenvalue weighted by molar-refractivity contribution is 0.0692. The van der Waals surface area contributed by atoms with Crippen LogP contribution in [-0.4, -0.2) is 26.0 Å². The van der Waals surface area contributed by atoms with E-state index in [1.54, 1.807) is 6.07 Å². The standard InChI is InChI=1S/C16H13ClN4O2S3/c1-8-6-11(19-13-12(14(22)23)21-16(24)26-13)20-15(18-8)25-7-9-4-2-3-5-10(9)17/h2-6H,7H2,1H3,(H,21,24)(H,22,23)(H,18,19,20). The van der Waals surface area contributed by atoms with Crippen LogP contribution < -0.4 is 5.32 Å². The van der Waals surface area contributed by atoms with Crippen LogP contribution in [0.15, 0.2) is 39.8 Å². The van der Waals surface area contributed by atoms with Crippen molar-refractivity contribution in [3.05, 3.63) is 52.3 Å². The van der Waals surface area contributed by atoms with Gasteiger partial charge in [0.25, 0.3) is 0 Å². The van der Waals surface area contributed by atoms with Crippen LogP contribution in [0.1, 0.15) is 21.7 Å². The first kappa shape index (κ1) is 19.0. The van der Waals surface area contributed by atoms with E-state index < -0.39 is 5.97 Å². The van der Waals surface area contributed by atoms with Crippen molar-refractivity contribution in [1.29, 1.82) is 0 Å². The Balaban J connectivity index is 1.80. The Morgan fingerprint density at radius 2 is 2.12 bits per heavy atom. The first-order chi connectivity index (χ1) is 12.4. The van der Waals surface area contributed by atoms with E-state index in [2.05, 4.69) is 32.9 Å². The van der Waals surface area contributed by atoms with Crippen molar-refractivity contribution < 1.29 is 9.90 Å². The summed E-state index contributed by atoms with van der Waals surface area (Å²) in [7, 11) is 0. The molecule has 0 saturated heterocycles. The molecule has 0 aliphatic heterocycles. The maximum atomic E-state index is 11.3. The molecule has 26 heavy (non-hydrogen) atoms. The summed E-state index contributed by atoms with van der Waals surface area (Å²) < 4.78 is 0.365. The molecular formula is C16H13ClN4O2S3. The smallest absolute Gasteiger partial charge is 0.357 e. The highest BCUT2D eigenvalue weighted by Crippen LogP contribution is 2.31. The fourth-order valence-electron chi connectivity index (χ4n) is 2.08. The number of aromatic carboxylic acids is 1. The van der Waals surface area contributed by atoms with Gasteiger partial charge in [-0.25, -0.2) is 19.7 Å². The zero-order valence-electron chi connectivity index (χ0n) is 13.4. The topological polar surface area (TPSA) is 88.0 Å². The van der Waals surface area contributed by atoms with E-state index in [0.29, 0.717) is 31.1 Å². The molecule has 0 atom stereocenters. The Bertz CT molecular complexity index is 964. The van der Waals surface area contributed by atoms with Gasteiger partial charge in [0.15, 0.2) is 10.9 Å². The third-order valence-corrected chi connectivity index (χ3v) is 5.62. The van der Waals surface area contributed by atoms with Crippen LogP contribution in [0.2, 0.25) is 5.02 Å². The molecule has 10 heteroatoms. The minimum absolute atomic E-state index is 0.0819. The summed E-state index contributed by atoms with van der Waals surface area (Å²) in [6.07, 6.45) is 0. The molecule has 2 aromatic heterocycles. The number of hydrogen-bond acceptors (Lipinski definition) is 8. The van der Waals surface area contributed by atoms with Crippen molar-refractivity contribution in [2.75, 3.05) is 5.32 Å². The van der Waals surface area contributed by atoms with Gasteiger partial charge in [-0.3, -0.25) is 0 Å². The number of carboxylic acids is 1. The number of carbonyl (C=O) groups is 1. The van der Waals surface area contributed by atoms with E-state index in [1.807, 2.05) is 31.2 Å². The zero-order valence-corrected chi connectivity index (χ0v) is 16.7. The molecule has 0 saturated carbocycles. The van der Waals surface area contributed by atoms with Gasteiger partial charge in [-0.15, -0.1) is 12.6 Å². The highest BCUT2D eigenvalue weighted by atomic mass is 35.5. The number of thiol groups is 1. The lowest BCUT2D eigenvalue weighted by Gasteiger charge is -2.08. The van der Waals surface area contributed by atoms with E-state index >= 15 is 0 Å². The van der Waals surface area contributed by atoms with Crippen LogP contribution in [0.25, 0.3) is 0 Å². The largest absolute Gasteiger partial charge is 0.476 e. The predicted octanol–water partition coefficient (Wildman–Crippen LogP) is 4.92. The van der Waals surface area contributed by atoms with E-state index in [-0.39, 0.29) is 5.69 Å². The number of anilines is 2. The van der Waals surface area contributed by atoms with Crippen LogP contribution in [0.3, 0.4) is 0 Å². The average Bonchev–Trinajstić information content (AvgIpc) is 2.94. The number of carboxylic acid groups (broad SMARTS) is 1. The molecule has 0 aliphatic carbocycles. The first-order valence-corrected chi connectivity index (χ1v) is 9.97. The molecule has 2 N–H and O–H groups in total. The highest BCUT2D eigenvalue weighted by molar-refractivity contribution is 7.98. The summed E-state index contributed by atoms with van der Waals surface area (Å²) in [6.45, 7) is 1.85. The van der Waals surface area contributed by atoms with Gasteiger partial charge in [-0.05, 0) is 18.6 Å². The summed E-state index contributed by atoms with van der Waals surface area (Å²) in [4.78, 5) is 24.0. The lowest BCUT2D eigenvalue weighted by atomic mass is 10.2. The van der Waals surface area contributed by atoms with Gasteiger partial charge < -0.3 is 10.4 Å². The SMILES string of the molecule is Cc1cc(Nc2sc(S)nc2C(=O)O)nc(SCc2ccccc2Cl)n1. The molecule has 1 aromatic carbocycles. The monoisotopic (exact) mass is 424 g/mol. The number of nitrogens with one attached hydrogen (secondary N) is 1. The minimum Gasteiger partial charge on any atom is -0.476 e. The van der Waals surface area contributed by atoms with Gasteiger partial charge in [-0.1, -0.05) is 52.9 Å². The molecule has 0 radical (unpaired) electrons. The summed E-state index contributed by atoms with van der Waals surface area (Å²) in [5.41, 5.74) is 1.67. The Morgan fingerprint density at radius 1 is 1.35 bits per heavy atom. The van der Waals surface area contributed by atoms with Crippen molar-refractivity contribution in [3.63, 3.8) is 0 Å². The van der Waals surface area contributed by atoms with Crippen molar-refractivity contribution in [3.8, 4) is 0 Å². The normalized spacial score (nSPS) is 10.7. The maximum Gasteiger partial charge on any atom is 0.357 e. The molecule has 0 aliphatic rings. The van der Waals surface area contributed by atoms with Crippen molar-refractivity contribution >= 4 is 64.1 Å². The second-order valence-electron chi connectivity index (χ2n) is 5.16. The second kappa shape index (κ2) is 8.26. The van der Waals surface area contributed by atoms with Gasteiger partial charge in [0.2, 0.25) is 0 Å². The van der Waals surface area contributed by atoms with E-state index in [0.717, 1.165) is 22.6 Å². The number of halogens is 1. The molecule has 3 rings (SSSR count). The predicted molar refractivity (Wildman–Crippen MR) is 107 cm³/mol. The van der Waals surface area contributed by atoms with Crippen molar-refractivity contribution in [1.82, 2.24) is 15.0 Å². The number of thiazole rings is 1. The van der Waals surface area contributed by atoms with Gasteiger partial charge in [-0.2, -0.15) is 0 Å². The molecule has 2 heterocycles. The van der Waals surface area contributed by atoms with Gasteiger partial charge in [0.1, 0.15) is 15.2 Å². The van der Waals surface area contributed by atoms with Gasteiger partial charge in [0, 0.05) is 22.5 Å². The van der Waals surface area contributed by atoms with Crippen LogP contribution in [-0.2, 0) is 5.75 Å². The first-order valence-electron chi connectivity index (χ1n) is 7.34. The Hall–Kier alpha value is -1.81. The van der Waals surface area contributed by atoms with Crippen LogP contribution in [0, 0.1) is 6.92 Å². The molecule has 3 aromatic rings. The quantitative estimate of drug-likeness (QED) is 0.294. The number of thioether (sulfide) groups is 1. The zero-order chi connectivity index (χ0) is 18.7. The maximum absolute atomic E-state index is 11.3. The molecule has 134 valence electrons. The number of aryl methyl sites for hydroxylation is 1. The number of rotatable bonds is 6. The Kier molecular flexibility index (Phi) is 6.02. The Morgan fingerprint density at radius 3 is 2.85 bits per heavy atom. The molecule has 0 spiro atoms. The summed E-state index contributed by atoms with van der Waals surface area (Å²) >= 11 is 12.9. The van der Waals surface area contributed by atoms with Gasteiger partial charge in [0.05, 0.1) is 0 Å². The van der Waals surface area contributed by atoms with Gasteiger partial charge >= 0.3 is 5.97 Å².